The molecule has 0 amide bonds. The minimum atomic E-state index is -0.932. The maximum Gasteiger partial charge on any atom is 0.305 e. The van der Waals surface area contributed by atoms with Gasteiger partial charge in [0.15, 0.2) is 9.76 Å². The Kier molecular flexibility index (Phi) is 5.59. The first kappa shape index (κ1) is 16.7. The van der Waals surface area contributed by atoms with Gasteiger partial charge in [-0.05, 0) is 23.8 Å². The van der Waals surface area contributed by atoms with E-state index in [1.165, 1.54) is 0 Å². The summed E-state index contributed by atoms with van der Waals surface area (Å²) < 4.78 is 5.96. The molecule has 0 saturated heterocycles. The number of aliphatic hydroxyl groups excluding tert-OH is 1. The molecule has 0 aromatic carbocycles. The molecule has 1 atom stereocenters. The molecule has 1 fully saturated rings. The summed E-state index contributed by atoms with van der Waals surface area (Å²) in [6.45, 7) is 9.39. The monoisotopic (exact) mass is 288 g/mol. The van der Waals surface area contributed by atoms with Crippen molar-refractivity contribution >= 4 is 15.7 Å². The van der Waals surface area contributed by atoms with E-state index in [1.54, 1.807) is 0 Å². The van der Waals surface area contributed by atoms with Crippen LogP contribution in [0.3, 0.4) is 0 Å². The first-order valence-electron chi connectivity index (χ1n) is 7.17. The van der Waals surface area contributed by atoms with Gasteiger partial charge in [0, 0.05) is 12.0 Å². The standard InChI is InChI=1S/C14H28O4Si/c1-10(2)13(3,4)19-18-9-14(6-5-7-14)11(15)8-12(16)17/h10-11,15H,5-9,19H2,1-4H3,(H,16,17). The van der Waals surface area contributed by atoms with Gasteiger partial charge in [-0.2, -0.15) is 0 Å². The van der Waals surface area contributed by atoms with E-state index in [4.69, 9.17) is 9.53 Å². The molecule has 1 aliphatic carbocycles. The van der Waals surface area contributed by atoms with Crippen LogP contribution in [0, 0.1) is 11.3 Å². The second kappa shape index (κ2) is 6.37. The van der Waals surface area contributed by atoms with Gasteiger partial charge in [-0.25, -0.2) is 0 Å². The Balaban J connectivity index is 2.47. The molecule has 1 aliphatic rings. The van der Waals surface area contributed by atoms with Gasteiger partial charge < -0.3 is 14.6 Å². The SMILES string of the molecule is CC(C)C(C)(C)[SiH2]OCC1(C(O)CC(=O)O)CCC1. The fourth-order valence-electron chi connectivity index (χ4n) is 2.27. The molecule has 0 heterocycles. The maximum atomic E-state index is 10.7. The smallest absolute Gasteiger partial charge is 0.305 e. The van der Waals surface area contributed by atoms with E-state index in [0.717, 1.165) is 19.3 Å². The number of carbonyl (C=O) groups is 1. The van der Waals surface area contributed by atoms with Crippen molar-refractivity contribution in [1.29, 1.82) is 0 Å². The van der Waals surface area contributed by atoms with E-state index >= 15 is 0 Å². The Morgan fingerprint density at radius 3 is 2.37 bits per heavy atom. The van der Waals surface area contributed by atoms with Crippen molar-refractivity contribution < 1.29 is 19.4 Å². The number of aliphatic carboxylic acids is 1. The van der Waals surface area contributed by atoms with Gasteiger partial charge in [-0.3, -0.25) is 4.79 Å². The molecule has 5 heteroatoms. The van der Waals surface area contributed by atoms with E-state index in [2.05, 4.69) is 27.7 Å². The van der Waals surface area contributed by atoms with Crippen LogP contribution < -0.4 is 0 Å². The molecule has 1 unspecified atom stereocenters. The van der Waals surface area contributed by atoms with Crippen LogP contribution in [0.4, 0.5) is 0 Å². The number of aliphatic hydroxyl groups is 1. The third kappa shape index (κ3) is 4.29. The van der Waals surface area contributed by atoms with Crippen molar-refractivity contribution in [2.24, 2.45) is 11.3 Å². The zero-order valence-electron chi connectivity index (χ0n) is 12.6. The predicted molar refractivity (Wildman–Crippen MR) is 77.9 cm³/mol. The van der Waals surface area contributed by atoms with Crippen molar-refractivity contribution in [3.05, 3.63) is 0 Å². The average Bonchev–Trinajstić information content (AvgIpc) is 2.20. The van der Waals surface area contributed by atoms with Crippen LogP contribution in [0.15, 0.2) is 0 Å². The van der Waals surface area contributed by atoms with E-state index < -0.39 is 21.8 Å². The van der Waals surface area contributed by atoms with Crippen LogP contribution in [0.2, 0.25) is 5.04 Å². The van der Waals surface area contributed by atoms with E-state index in [-0.39, 0.29) is 16.9 Å². The molecule has 1 saturated carbocycles. The zero-order chi connectivity index (χ0) is 14.7. The molecule has 0 bridgehead atoms. The number of carboxylic acid groups (broad SMARTS) is 1. The fourth-order valence-corrected chi connectivity index (χ4v) is 3.64. The number of carboxylic acids is 1. The quantitative estimate of drug-likeness (QED) is 0.670. The van der Waals surface area contributed by atoms with Crippen LogP contribution in [-0.4, -0.2) is 38.7 Å². The summed E-state index contributed by atoms with van der Waals surface area (Å²) >= 11 is 0. The molecule has 0 spiro atoms. The van der Waals surface area contributed by atoms with Crippen molar-refractivity contribution in [2.75, 3.05) is 6.61 Å². The van der Waals surface area contributed by atoms with E-state index in [9.17, 15) is 9.90 Å². The minimum absolute atomic E-state index is 0.168. The van der Waals surface area contributed by atoms with Gasteiger partial charge >= 0.3 is 5.97 Å². The van der Waals surface area contributed by atoms with Crippen LogP contribution in [0.5, 0.6) is 0 Å². The van der Waals surface area contributed by atoms with Gasteiger partial charge in [-0.1, -0.05) is 34.1 Å². The summed E-state index contributed by atoms with van der Waals surface area (Å²) in [5, 5.41) is 19.1. The lowest BCUT2D eigenvalue weighted by Crippen LogP contribution is -2.46. The highest BCUT2D eigenvalue weighted by Gasteiger charge is 2.44. The first-order valence-corrected chi connectivity index (χ1v) is 8.46. The number of hydrogen-bond donors (Lipinski definition) is 2. The third-order valence-electron chi connectivity index (χ3n) is 4.85. The van der Waals surface area contributed by atoms with Crippen LogP contribution in [0.25, 0.3) is 0 Å². The second-order valence-electron chi connectivity index (χ2n) is 6.97. The van der Waals surface area contributed by atoms with Crippen LogP contribution in [-0.2, 0) is 9.22 Å². The zero-order valence-corrected chi connectivity index (χ0v) is 14.0. The molecule has 0 aromatic rings. The van der Waals surface area contributed by atoms with Gasteiger partial charge in [0.05, 0.1) is 12.5 Å². The molecule has 4 nitrogen and oxygen atoms in total. The Morgan fingerprint density at radius 2 is 2.00 bits per heavy atom. The highest BCUT2D eigenvalue weighted by atomic mass is 28.2. The molecule has 0 aliphatic heterocycles. The molecule has 19 heavy (non-hydrogen) atoms. The largest absolute Gasteiger partial charge is 0.481 e. The van der Waals surface area contributed by atoms with Gasteiger partial charge in [0.1, 0.15) is 0 Å². The summed E-state index contributed by atoms with van der Waals surface area (Å²) in [4.78, 5) is 10.7. The molecular formula is C14H28O4Si. The van der Waals surface area contributed by atoms with E-state index in [1.807, 2.05) is 0 Å². The van der Waals surface area contributed by atoms with Gasteiger partial charge in [-0.15, -0.1) is 0 Å². The summed E-state index contributed by atoms with van der Waals surface area (Å²) in [7, 11) is -0.681. The van der Waals surface area contributed by atoms with Gasteiger partial charge in [0.25, 0.3) is 0 Å². The lowest BCUT2D eigenvalue weighted by atomic mass is 9.65. The third-order valence-corrected chi connectivity index (χ3v) is 6.82. The minimum Gasteiger partial charge on any atom is -0.481 e. The normalized spacial score (nSPS) is 20.7. The predicted octanol–water partition coefficient (Wildman–Crippen LogP) is 1.95. The van der Waals surface area contributed by atoms with Crippen LogP contribution in [0.1, 0.15) is 53.4 Å². The highest BCUT2D eigenvalue weighted by Crippen LogP contribution is 2.45. The highest BCUT2D eigenvalue weighted by molar-refractivity contribution is 6.32. The van der Waals surface area contributed by atoms with Crippen molar-refractivity contribution in [1.82, 2.24) is 0 Å². The summed E-state index contributed by atoms with van der Waals surface area (Å²) in [6.07, 6.45) is 1.90. The second-order valence-corrected chi connectivity index (χ2v) is 9.49. The lowest BCUT2D eigenvalue weighted by Gasteiger charge is -2.45. The molecule has 0 aromatic heterocycles. The number of rotatable bonds is 8. The summed E-state index contributed by atoms with van der Waals surface area (Å²) in [6, 6.07) is 0. The van der Waals surface area contributed by atoms with Crippen molar-refractivity contribution in [3.63, 3.8) is 0 Å². The van der Waals surface area contributed by atoms with E-state index in [0.29, 0.717) is 12.5 Å². The molecule has 2 N–H and O–H groups in total. The Morgan fingerprint density at radius 1 is 1.42 bits per heavy atom. The maximum absolute atomic E-state index is 10.7. The molecule has 1 rings (SSSR count). The Bertz CT molecular complexity index is 311. The molecule has 112 valence electrons. The van der Waals surface area contributed by atoms with Crippen molar-refractivity contribution in [3.8, 4) is 0 Å². The average molecular weight is 288 g/mol. The summed E-state index contributed by atoms with van der Waals surface area (Å²) in [5.74, 6) is -0.348. The molecular weight excluding hydrogens is 260 g/mol. The Hall–Kier alpha value is -0.393. The molecule has 0 radical (unpaired) electrons. The van der Waals surface area contributed by atoms with Crippen LogP contribution >= 0.6 is 0 Å². The fraction of sp³-hybridized carbons (Fsp3) is 0.929. The van der Waals surface area contributed by atoms with Crippen molar-refractivity contribution in [2.45, 2.75) is 64.5 Å². The summed E-state index contributed by atoms with van der Waals surface area (Å²) in [5.41, 5.74) is -0.293. The number of hydrogen-bond acceptors (Lipinski definition) is 3. The lowest BCUT2D eigenvalue weighted by molar-refractivity contribution is -0.144. The van der Waals surface area contributed by atoms with Gasteiger partial charge in [0.2, 0.25) is 0 Å². The Labute approximate surface area is 118 Å². The first-order chi connectivity index (χ1) is 8.69. The topological polar surface area (TPSA) is 66.8 Å².